The number of nitrogens with zero attached hydrogens (tertiary/aromatic N) is 3. The van der Waals surface area contributed by atoms with Crippen molar-refractivity contribution in [1.29, 1.82) is 0 Å². The lowest BCUT2D eigenvalue weighted by Gasteiger charge is -2.14. The van der Waals surface area contributed by atoms with Crippen LogP contribution >= 0.6 is 11.8 Å². The lowest BCUT2D eigenvalue weighted by Crippen LogP contribution is -2.25. The predicted molar refractivity (Wildman–Crippen MR) is 115 cm³/mol. The summed E-state index contributed by atoms with van der Waals surface area (Å²) in [5.74, 6) is 1.67. The van der Waals surface area contributed by atoms with Crippen molar-refractivity contribution in [3.05, 3.63) is 65.7 Å². The molecular weight excluding hydrogens is 356 g/mol. The zero-order chi connectivity index (χ0) is 18.7. The van der Waals surface area contributed by atoms with Crippen LogP contribution in [0.25, 0.3) is 0 Å². The second-order valence-electron chi connectivity index (χ2n) is 6.42. The van der Waals surface area contributed by atoms with Crippen LogP contribution in [0.4, 0.5) is 0 Å². The molecule has 2 N–H and O–H groups in total. The van der Waals surface area contributed by atoms with E-state index in [2.05, 4.69) is 27.2 Å². The third-order valence-electron chi connectivity index (χ3n) is 4.35. The van der Waals surface area contributed by atoms with Gasteiger partial charge in [0, 0.05) is 12.3 Å². The third-order valence-corrected chi connectivity index (χ3v) is 5.20. The Kier molecular flexibility index (Phi) is 7.74. The molecule has 142 valence electrons. The average molecular weight is 383 g/mol. The molecular formula is C21H26N4OS. The Hall–Kier alpha value is -2.31. The Labute approximate surface area is 165 Å². The Bertz CT molecular complexity index is 741. The third kappa shape index (κ3) is 7.07. The lowest BCUT2D eigenvalue weighted by atomic mass is 10.2. The Morgan fingerprint density at radius 1 is 1.07 bits per heavy atom. The summed E-state index contributed by atoms with van der Waals surface area (Å²) in [6, 6.07) is 18.0. The second kappa shape index (κ2) is 10.7. The molecule has 6 heteroatoms. The number of nitrogens with two attached hydrogens (primary N) is 1. The van der Waals surface area contributed by atoms with Crippen LogP contribution in [0.5, 0.6) is 5.75 Å². The molecule has 1 saturated heterocycles. The van der Waals surface area contributed by atoms with Gasteiger partial charge in [-0.05, 0) is 61.3 Å². The molecule has 0 aromatic heterocycles. The minimum absolute atomic E-state index is 0.456. The number of likely N-dealkylation sites (tertiary alicyclic amines) is 1. The van der Waals surface area contributed by atoms with Crippen molar-refractivity contribution in [3.8, 4) is 5.75 Å². The second-order valence-corrected chi connectivity index (χ2v) is 7.42. The van der Waals surface area contributed by atoms with Crippen LogP contribution < -0.4 is 10.5 Å². The molecule has 1 fully saturated rings. The van der Waals surface area contributed by atoms with E-state index in [0.717, 1.165) is 30.2 Å². The number of hydrogen-bond donors (Lipinski definition) is 1. The van der Waals surface area contributed by atoms with Crippen molar-refractivity contribution in [3.63, 3.8) is 0 Å². The van der Waals surface area contributed by atoms with Gasteiger partial charge in [-0.15, -0.1) is 5.10 Å². The first-order chi connectivity index (χ1) is 13.3. The van der Waals surface area contributed by atoms with Crippen LogP contribution in [0.15, 0.2) is 64.8 Å². The topological polar surface area (TPSA) is 63.2 Å². The summed E-state index contributed by atoms with van der Waals surface area (Å²) in [7, 11) is 0. The van der Waals surface area contributed by atoms with Crippen molar-refractivity contribution < 1.29 is 4.74 Å². The van der Waals surface area contributed by atoms with Crippen molar-refractivity contribution >= 4 is 23.1 Å². The fourth-order valence-electron chi connectivity index (χ4n) is 2.86. The predicted octanol–water partition coefficient (Wildman–Crippen LogP) is 3.74. The molecule has 1 heterocycles. The van der Waals surface area contributed by atoms with E-state index in [1.165, 1.54) is 43.3 Å². The summed E-state index contributed by atoms with van der Waals surface area (Å²) < 4.78 is 5.80. The molecule has 0 bridgehead atoms. The fraction of sp³-hybridized carbons (Fsp3) is 0.333. The molecule has 0 spiro atoms. The van der Waals surface area contributed by atoms with Crippen LogP contribution in [0.2, 0.25) is 0 Å². The Morgan fingerprint density at radius 3 is 2.56 bits per heavy atom. The van der Waals surface area contributed by atoms with Crippen molar-refractivity contribution in [2.45, 2.75) is 18.6 Å². The van der Waals surface area contributed by atoms with E-state index in [1.807, 2.05) is 42.5 Å². The molecule has 1 aliphatic rings. The lowest BCUT2D eigenvalue weighted by molar-refractivity contribution is 0.238. The minimum Gasteiger partial charge on any atom is -0.492 e. The average Bonchev–Trinajstić information content (AvgIpc) is 3.22. The summed E-state index contributed by atoms with van der Waals surface area (Å²) in [6.07, 6.45) is 4.32. The molecule has 0 saturated carbocycles. The highest BCUT2D eigenvalue weighted by atomic mass is 32.2. The van der Waals surface area contributed by atoms with E-state index in [9.17, 15) is 0 Å². The van der Waals surface area contributed by atoms with Gasteiger partial charge in [-0.25, -0.2) is 0 Å². The van der Waals surface area contributed by atoms with E-state index in [4.69, 9.17) is 10.5 Å². The standard InChI is InChI=1S/C21H26N4OS/c22-21(27-17-19-6-2-1-3-7-19)24-23-16-18-8-10-20(11-9-18)26-15-14-25-12-4-5-13-25/h1-3,6-11,16H,4-5,12-15,17H2,(H2,22,24). The summed E-state index contributed by atoms with van der Waals surface area (Å²) in [5.41, 5.74) is 8.07. The van der Waals surface area contributed by atoms with E-state index >= 15 is 0 Å². The number of hydrogen-bond acceptors (Lipinski definition) is 5. The zero-order valence-electron chi connectivity index (χ0n) is 15.5. The number of ether oxygens (including phenoxy) is 1. The van der Waals surface area contributed by atoms with Crippen molar-refractivity contribution in [2.24, 2.45) is 15.9 Å². The largest absolute Gasteiger partial charge is 0.492 e. The molecule has 27 heavy (non-hydrogen) atoms. The first-order valence-corrected chi connectivity index (χ1v) is 10.3. The van der Waals surface area contributed by atoms with Crippen LogP contribution in [-0.2, 0) is 5.75 Å². The molecule has 0 amide bonds. The molecule has 0 radical (unpaired) electrons. The summed E-state index contributed by atoms with van der Waals surface area (Å²) in [6.45, 7) is 4.13. The zero-order valence-corrected chi connectivity index (χ0v) is 16.3. The Morgan fingerprint density at radius 2 is 1.81 bits per heavy atom. The van der Waals surface area contributed by atoms with Crippen LogP contribution in [-0.4, -0.2) is 42.5 Å². The van der Waals surface area contributed by atoms with Gasteiger partial charge in [0.15, 0.2) is 5.17 Å². The molecule has 2 aromatic carbocycles. The number of rotatable bonds is 8. The highest BCUT2D eigenvalue weighted by Gasteiger charge is 2.10. The quantitative estimate of drug-likeness (QED) is 0.429. The molecule has 0 aliphatic carbocycles. The first-order valence-electron chi connectivity index (χ1n) is 9.28. The maximum Gasteiger partial charge on any atom is 0.180 e. The van der Waals surface area contributed by atoms with Crippen LogP contribution in [0.3, 0.4) is 0 Å². The van der Waals surface area contributed by atoms with Crippen molar-refractivity contribution in [1.82, 2.24) is 4.90 Å². The van der Waals surface area contributed by atoms with Crippen LogP contribution in [0.1, 0.15) is 24.0 Å². The van der Waals surface area contributed by atoms with E-state index in [1.54, 1.807) is 6.21 Å². The van der Waals surface area contributed by atoms with Gasteiger partial charge in [-0.2, -0.15) is 5.10 Å². The summed E-state index contributed by atoms with van der Waals surface area (Å²) >= 11 is 1.48. The molecule has 5 nitrogen and oxygen atoms in total. The number of thioether (sulfide) groups is 1. The van der Waals surface area contributed by atoms with E-state index in [-0.39, 0.29) is 0 Å². The Balaban J connectivity index is 1.40. The van der Waals surface area contributed by atoms with Gasteiger partial charge in [0.2, 0.25) is 0 Å². The summed E-state index contributed by atoms with van der Waals surface area (Å²) in [4.78, 5) is 2.44. The van der Waals surface area contributed by atoms with E-state index < -0.39 is 0 Å². The molecule has 0 atom stereocenters. The smallest absolute Gasteiger partial charge is 0.180 e. The maximum absolute atomic E-state index is 5.89. The fourth-order valence-corrected chi connectivity index (χ4v) is 3.47. The van der Waals surface area contributed by atoms with E-state index in [0.29, 0.717) is 5.17 Å². The summed E-state index contributed by atoms with van der Waals surface area (Å²) in [5, 5.41) is 8.56. The minimum atomic E-state index is 0.456. The number of benzene rings is 2. The number of amidine groups is 1. The molecule has 1 aliphatic heterocycles. The highest BCUT2D eigenvalue weighted by Crippen LogP contribution is 2.13. The van der Waals surface area contributed by atoms with Crippen molar-refractivity contribution in [2.75, 3.05) is 26.2 Å². The van der Waals surface area contributed by atoms with Gasteiger partial charge in [-0.1, -0.05) is 42.1 Å². The van der Waals surface area contributed by atoms with Gasteiger partial charge in [0.05, 0.1) is 6.21 Å². The van der Waals surface area contributed by atoms with Gasteiger partial charge in [0.1, 0.15) is 12.4 Å². The van der Waals surface area contributed by atoms with Gasteiger partial charge >= 0.3 is 0 Å². The SMILES string of the molecule is NC(=NN=Cc1ccc(OCCN2CCCC2)cc1)SCc1ccccc1. The normalized spacial score (nSPS) is 15.5. The monoisotopic (exact) mass is 382 g/mol. The maximum atomic E-state index is 5.89. The van der Waals surface area contributed by atoms with Crippen LogP contribution in [0, 0.1) is 0 Å². The molecule has 2 aromatic rings. The highest BCUT2D eigenvalue weighted by molar-refractivity contribution is 8.13. The first kappa shape index (κ1) is 19.5. The van der Waals surface area contributed by atoms with Gasteiger partial charge < -0.3 is 10.5 Å². The molecule has 3 rings (SSSR count). The van der Waals surface area contributed by atoms with Gasteiger partial charge in [0.25, 0.3) is 0 Å². The van der Waals surface area contributed by atoms with Gasteiger partial charge in [-0.3, -0.25) is 4.90 Å². The molecule has 0 unspecified atom stereocenters.